The molecular weight excluding hydrogens is 426 g/mol. The number of nitrogens with zero attached hydrogens (tertiary/aromatic N) is 3. The predicted molar refractivity (Wildman–Crippen MR) is 126 cm³/mol. The summed E-state index contributed by atoms with van der Waals surface area (Å²) in [5.41, 5.74) is 0. The highest BCUT2D eigenvalue weighted by atomic mass is 32.2. The predicted octanol–water partition coefficient (Wildman–Crippen LogP) is 3.00. The van der Waals surface area contributed by atoms with Gasteiger partial charge in [0, 0.05) is 31.7 Å². The van der Waals surface area contributed by atoms with Crippen LogP contribution in [0.5, 0.6) is 0 Å². The molecule has 3 saturated heterocycles. The second-order valence-corrected chi connectivity index (χ2v) is 12.5. The van der Waals surface area contributed by atoms with E-state index in [4.69, 9.17) is 4.74 Å². The zero-order valence-corrected chi connectivity index (χ0v) is 20.6. The van der Waals surface area contributed by atoms with Crippen LogP contribution in [0.2, 0.25) is 0 Å². The first-order chi connectivity index (χ1) is 15.6. The lowest BCUT2D eigenvalue weighted by Gasteiger charge is -2.40. The van der Waals surface area contributed by atoms with Crippen molar-refractivity contribution in [2.24, 2.45) is 0 Å². The van der Waals surface area contributed by atoms with E-state index in [0.29, 0.717) is 19.2 Å². The summed E-state index contributed by atoms with van der Waals surface area (Å²) in [5, 5.41) is -0.223. The van der Waals surface area contributed by atoms with Crippen LogP contribution in [0.3, 0.4) is 0 Å². The van der Waals surface area contributed by atoms with Gasteiger partial charge in [0.15, 0.2) is 0 Å². The molecule has 3 aliphatic heterocycles. The number of rotatable bonds is 7. The fourth-order valence-electron chi connectivity index (χ4n) is 6.17. The minimum Gasteiger partial charge on any atom is -0.370 e. The van der Waals surface area contributed by atoms with Crippen LogP contribution in [0, 0.1) is 0 Å². The number of hydrogen-bond acceptors (Lipinski definition) is 5. The Morgan fingerprint density at radius 3 is 2.09 bits per heavy atom. The second-order valence-electron chi connectivity index (χ2n) is 10.3. The van der Waals surface area contributed by atoms with Crippen LogP contribution in [0.4, 0.5) is 0 Å². The lowest BCUT2D eigenvalue weighted by molar-refractivity contribution is -0.138. The first-order valence-corrected chi connectivity index (χ1v) is 14.7. The normalized spacial score (nSPS) is 28.1. The van der Waals surface area contributed by atoms with Crippen LogP contribution < -0.4 is 0 Å². The van der Waals surface area contributed by atoms with Crippen molar-refractivity contribution in [3.63, 3.8) is 0 Å². The molecule has 3 heterocycles. The third-order valence-corrected chi connectivity index (χ3v) is 10.6. The molecule has 4 fully saturated rings. The average molecular weight is 470 g/mol. The maximum Gasteiger partial charge on any atom is 0.248 e. The van der Waals surface area contributed by atoms with Gasteiger partial charge in [-0.15, -0.1) is 0 Å². The Hall–Kier alpha value is -0.700. The number of amides is 1. The quantitative estimate of drug-likeness (QED) is 0.573. The monoisotopic (exact) mass is 469 g/mol. The van der Waals surface area contributed by atoms with Crippen LogP contribution >= 0.6 is 0 Å². The molecule has 0 aromatic rings. The van der Waals surface area contributed by atoms with E-state index in [1.54, 1.807) is 4.31 Å². The van der Waals surface area contributed by atoms with E-state index >= 15 is 0 Å². The van der Waals surface area contributed by atoms with E-state index in [1.807, 2.05) is 4.90 Å². The lowest BCUT2D eigenvalue weighted by atomic mass is 10.00. The van der Waals surface area contributed by atoms with Crippen molar-refractivity contribution in [3.05, 3.63) is 0 Å². The van der Waals surface area contributed by atoms with Gasteiger partial charge in [-0.3, -0.25) is 4.79 Å². The topological polar surface area (TPSA) is 70.2 Å². The van der Waals surface area contributed by atoms with E-state index < -0.39 is 10.0 Å². The van der Waals surface area contributed by atoms with Gasteiger partial charge in [0.2, 0.25) is 15.9 Å². The Morgan fingerprint density at radius 1 is 0.750 bits per heavy atom. The second kappa shape index (κ2) is 11.6. The number of piperidine rings is 3. The number of likely N-dealkylation sites (tertiary alicyclic amines) is 2. The standard InChI is InChI=1S/C24H43N3O4S/c28-24(26-17-12-21(13-18-26)25-14-6-2-7-15-25)20-31-19-22-9-5-8-16-27(22)32(29,30)23-10-3-1-4-11-23/h21-23H,1-20H2. The molecule has 1 amide bonds. The molecule has 7 nitrogen and oxygen atoms in total. The largest absolute Gasteiger partial charge is 0.370 e. The highest BCUT2D eigenvalue weighted by Gasteiger charge is 2.38. The molecule has 0 bridgehead atoms. The van der Waals surface area contributed by atoms with E-state index in [1.165, 1.54) is 32.4 Å². The fourth-order valence-corrected chi connectivity index (χ4v) is 8.45. The molecular formula is C24H43N3O4S. The van der Waals surface area contributed by atoms with Crippen LogP contribution in [0.25, 0.3) is 0 Å². The smallest absolute Gasteiger partial charge is 0.248 e. The van der Waals surface area contributed by atoms with Gasteiger partial charge < -0.3 is 14.5 Å². The van der Waals surface area contributed by atoms with Crippen LogP contribution in [-0.4, -0.2) is 91.7 Å². The Bertz CT molecular complexity index is 696. The molecule has 4 rings (SSSR count). The summed E-state index contributed by atoms with van der Waals surface area (Å²) in [6.07, 6.45) is 13.6. The van der Waals surface area contributed by atoms with Crippen molar-refractivity contribution in [3.8, 4) is 0 Å². The van der Waals surface area contributed by atoms with Crippen LogP contribution in [-0.2, 0) is 19.6 Å². The van der Waals surface area contributed by atoms with Gasteiger partial charge >= 0.3 is 0 Å². The molecule has 0 radical (unpaired) electrons. The Balaban J connectivity index is 1.22. The summed E-state index contributed by atoms with van der Waals surface area (Å²) >= 11 is 0. The Labute approximate surface area is 194 Å². The van der Waals surface area contributed by atoms with Crippen LogP contribution in [0.15, 0.2) is 0 Å². The zero-order valence-electron chi connectivity index (χ0n) is 19.8. The lowest BCUT2D eigenvalue weighted by Crippen LogP contribution is -2.50. The maximum atomic E-state index is 13.2. The van der Waals surface area contributed by atoms with E-state index in [9.17, 15) is 13.2 Å². The van der Waals surface area contributed by atoms with Gasteiger partial charge in [-0.1, -0.05) is 32.1 Å². The van der Waals surface area contributed by atoms with Gasteiger partial charge in [0.1, 0.15) is 6.61 Å². The molecule has 4 aliphatic rings. The molecule has 0 N–H and O–H groups in total. The minimum absolute atomic E-state index is 0.0552. The molecule has 1 aliphatic carbocycles. The summed E-state index contributed by atoms with van der Waals surface area (Å²) in [6.45, 7) is 5.06. The van der Waals surface area contributed by atoms with Crippen molar-refractivity contribution in [1.29, 1.82) is 0 Å². The minimum atomic E-state index is -3.27. The molecule has 184 valence electrons. The third kappa shape index (κ3) is 6.05. The van der Waals surface area contributed by atoms with Gasteiger partial charge in [-0.05, 0) is 64.5 Å². The summed E-state index contributed by atoms with van der Waals surface area (Å²) in [5.74, 6) is 0.0552. The number of ether oxygens (including phenoxy) is 1. The number of sulfonamides is 1. The Kier molecular flexibility index (Phi) is 8.87. The number of carbonyl (C=O) groups is 1. The van der Waals surface area contributed by atoms with Gasteiger partial charge in [-0.2, -0.15) is 4.31 Å². The Morgan fingerprint density at radius 2 is 1.38 bits per heavy atom. The van der Waals surface area contributed by atoms with Gasteiger partial charge in [0.05, 0.1) is 11.9 Å². The number of carbonyl (C=O) groups excluding carboxylic acids is 1. The summed E-state index contributed by atoms with van der Waals surface area (Å²) in [7, 11) is -3.27. The van der Waals surface area contributed by atoms with E-state index in [2.05, 4.69) is 4.90 Å². The SMILES string of the molecule is O=C(COCC1CCCCN1S(=O)(=O)C1CCCCC1)N1CCC(N2CCCCC2)CC1. The molecule has 1 saturated carbocycles. The fraction of sp³-hybridized carbons (Fsp3) is 0.958. The first-order valence-electron chi connectivity index (χ1n) is 13.2. The van der Waals surface area contributed by atoms with Crippen molar-refractivity contribution in [1.82, 2.24) is 14.1 Å². The molecule has 0 spiro atoms. The average Bonchev–Trinajstić information content (AvgIpc) is 2.85. The van der Waals surface area contributed by atoms with E-state index in [-0.39, 0.29) is 23.8 Å². The van der Waals surface area contributed by atoms with Gasteiger partial charge in [0.25, 0.3) is 0 Å². The summed E-state index contributed by atoms with van der Waals surface area (Å²) in [6, 6.07) is 0.509. The summed E-state index contributed by atoms with van der Waals surface area (Å²) < 4.78 is 34.1. The molecule has 0 aromatic carbocycles. The number of hydrogen-bond donors (Lipinski definition) is 0. The van der Waals surface area contributed by atoms with Crippen molar-refractivity contribution >= 4 is 15.9 Å². The van der Waals surface area contributed by atoms with Crippen molar-refractivity contribution in [2.45, 2.75) is 101 Å². The third-order valence-electron chi connectivity index (χ3n) is 8.13. The molecule has 32 heavy (non-hydrogen) atoms. The van der Waals surface area contributed by atoms with E-state index in [0.717, 1.165) is 77.3 Å². The first kappa shape index (κ1) is 24.4. The molecule has 1 unspecified atom stereocenters. The molecule has 0 aromatic heterocycles. The zero-order chi connectivity index (χ0) is 22.4. The van der Waals surface area contributed by atoms with Crippen molar-refractivity contribution < 1.29 is 17.9 Å². The van der Waals surface area contributed by atoms with Gasteiger partial charge in [-0.25, -0.2) is 8.42 Å². The molecule has 8 heteroatoms. The maximum absolute atomic E-state index is 13.2. The highest BCUT2D eigenvalue weighted by molar-refractivity contribution is 7.89. The molecule has 1 atom stereocenters. The highest BCUT2D eigenvalue weighted by Crippen LogP contribution is 2.30. The summed E-state index contributed by atoms with van der Waals surface area (Å²) in [4.78, 5) is 17.3. The van der Waals surface area contributed by atoms with Crippen LogP contribution in [0.1, 0.15) is 83.5 Å². The van der Waals surface area contributed by atoms with Crippen molar-refractivity contribution in [2.75, 3.05) is 45.9 Å².